The van der Waals surface area contributed by atoms with Crippen molar-refractivity contribution in [3.63, 3.8) is 0 Å². The molecule has 5 heteroatoms. The summed E-state index contributed by atoms with van der Waals surface area (Å²) in [5.74, 6) is 0. The van der Waals surface area contributed by atoms with Gasteiger partial charge in [-0.3, -0.25) is 0 Å². The zero-order valence-corrected chi connectivity index (χ0v) is 9.34. The highest BCUT2D eigenvalue weighted by Crippen LogP contribution is 2.40. The second-order valence-electron chi connectivity index (χ2n) is 3.60. The summed E-state index contributed by atoms with van der Waals surface area (Å²) in [5.41, 5.74) is 6.29. The molecule has 82 valence electrons. The number of thiophene rings is 1. The summed E-state index contributed by atoms with van der Waals surface area (Å²) in [7, 11) is 1.72. The molecule has 0 aromatic carbocycles. The van der Waals surface area contributed by atoms with Crippen molar-refractivity contribution in [2.75, 3.05) is 7.11 Å². The fraction of sp³-hybridized carbons (Fsp3) is 0.500. The molecule has 0 saturated heterocycles. The Morgan fingerprint density at radius 1 is 1.67 bits per heavy atom. The molecule has 15 heavy (non-hydrogen) atoms. The molecule has 0 bridgehead atoms. The van der Waals surface area contributed by atoms with Crippen molar-refractivity contribution in [2.24, 2.45) is 5.73 Å². The molecule has 1 aliphatic rings. The van der Waals surface area contributed by atoms with Gasteiger partial charge in [-0.25, -0.2) is 4.79 Å². The molecular formula is C10H14N2O2S. The van der Waals surface area contributed by atoms with E-state index in [1.54, 1.807) is 18.4 Å². The van der Waals surface area contributed by atoms with Gasteiger partial charge in [0, 0.05) is 12.0 Å². The summed E-state index contributed by atoms with van der Waals surface area (Å²) in [6.07, 6.45) is 1.98. The first-order chi connectivity index (χ1) is 7.22. The maximum Gasteiger partial charge on any atom is 0.312 e. The third-order valence-electron chi connectivity index (χ3n) is 2.71. The van der Waals surface area contributed by atoms with E-state index in [2.05, 4.69) is 5.32 Å². The van der Waals surface area contributed by atoms with Crippen molar-refractivity contribution < 1.29 is 9.53 Å². The minimum Gasteiger partial charge on any atom is -0.376 e. The molecule has 0 fully saturated rings. The van der Waals surface area contributed by atoms with E-state index in [-0.39, 0.29) is 12.1 Å². The predicted octanol–water partition coefficient (Wildman–Crippen LogP) is 1.94. The third-order valence-corrected chi connectivity index (χ3v) is 3.74. The van der Waals surface area contributed by atoms with Gasteiger partial charge in [0.1, 0.15) is 0 Å². The maximum absolute atomic E-state index is 10.8. The monoisotopic (exact) mass is 226 g/mol. The summed E-state index contributed by atoms with van der Waals surface area (Å²) in [5, 5.41) is 4.78. The molecule has 1 aromatic heterocycles. The van der Waals surface area contributed by atoms with Crippen molar-refractivity contribution in [3.05, 3.63) is 21.9 Å². The Kier molecular flexibility index (Phi) is 2.93. The van der Waals surface area contributed by atoms with Crippen LogP contribution in [0.3, 0.4) is 0 Å². The quantitative estimate of drug-likeness (QED) is 0.809. The zero-order chi connectivity index (χ0) is 10.8. The largest absolute Gasteiger partial charge is 0.376 e. The molecular weight excluding hydrogens is 212 g/mol. The fourth-order valence-electron chi connectivity index (χ4n) is 2.03. The molecule has 1 aliphatic carbocycles. The summed E-state index contributed by atoms with van der Waals surface area (Å²) in [4.78, 5) is 12.0. The van der Waals surface area contributed by atoms with Crippen LogP contribution in [0.2, 0.25) is 0 Å². The lowest BCUT2D eigenvalue weighted by molar-refractivity contribution is 0.0861. The standard InChI is InChI=1S/C10H14N2O2S/c1-14-8-3-2-7(12-10(11)13)6-4-5-15-9(6)8/h4-5,7-8H,2-3H2,1H3,(H3,11,12,13). The average molecular weight is 226 g/mol. The number of primary amides is 1. The number of carbonyl (C=O) groups is 1. The van der Waals surface area contributed by atoms with Crippen molar-refractivity contribution in [2.45, 2.75) is 25.0 Å². The van der Waals surface area contributed by atoms with Gasteiger partial charge in [-0.1, -0.05) is 0 Å². The fourth-order valence-corrected chi connectivity index (χ4v) is 3.11. The Labute approximate surface area is 92.4 Å². The van der Waals surface area contributed by atoms with Gasteiger partial charge in [-0.15, -0.1) is 11.3 Å². The SMILES string of the molecule is COC1CCC(NC(N)=O)c2ccsc21. The van der Waals surface area contributed by atoms with E-state index >= 15 is 0 Å². The molecule has 0 saturated carbocycles. The summed E-state index contributed by atoms with van der Waals surface area (Å²) >= 11 is 1.67. The van der Waals surface area contributed by atoms with Crippen molar-refractivity contribution in [1.82, 2.24) is 5.32 Å². The van der Waals surface area contributed by atoms with Crippen LogP contribution in [0.1, 0.15) is 35.4 Å². The van der Waals surface area contributed by atoms with E-state index in [9.17, 15) is 4.79 Å². The Bertz CT molecular complexity index is 364. The Morgan fingerprint density at radius 2 is 2.47 bits per heavy atom. The number of rotatable bonds is 2. The number of methoxy groups -OCH3 is 1. The van der Waals surface area contributed by atoms with E-state index in [1.807, 2.05) is 11.4 Å². The Morgan fingerprint density at radius 3 is 3.13 bits per heavy atom. The molecule has 0 aliphatic heterocycles. The van der Waals surface area contributed by atoms with E-state index in [4.69, 9.17) is 10.5 Å². The van der Waals surface area contributed by atoms with Crippen LogP contribution >= 0.6 is 11.3 Å². The second-order valence-corrected chi connectivity index (χ2v) is 4.55. The number of ether oxygens (including phenoxy) is 1. The number of urea groups is 1. The number of hydrogen-bond donors (Lipinski definition) is 2. The maximum atomic E-state index is 10.8. The molecule has 1 heterocycles. The average Bonchev–Trinajstić information content (AvgIpc) is 2.66. The lowest BCUT2D eigenvalue weighted by Gasteiger charge is -2.28. The van der Waals surface area contributed by atoms with Crippen LogP contribution in [0, 0.1) is 0 Å². The van der Waals surface area contributed by atoms with Crippen LogP contribution in [0.5, 0.6) is 0 Å². The Hall–Kier alpha value is -1.07. The van der Waals surface area contributed by atoms with Crippen LogP contribution in [-0.2, 0) is 4.74 Å². The first-order valence-corrected chi connectivity index (χ1v) is 5.76. The lowest BCUT2D eigenvalue weighted by atomic mass is 9.92. The number of nitrogens with two attached hydrogens (primary N) is 1. The van der Waals surface area contributed by atoms with Crippen LogP contribution in [0.25, 0.3) is 0 Å². The minimum absolute atomic E-state index is 0.0511. The molecule has 0 spiro atoms. The van der Waals surface area contributed by atoms with E-state index < -0.39 is 6.03 Å². The van der Waals surface area contributed by atoms with E-state index in [0.717, 1.165) is 18.4 Å². The van der Waals surface area contributed by atoms with Gasteiger partial charge in [0.2, 0.25) is 0 Å². The van der Waals surface area contributed by atoms with Crippen molar-refractivity contribution >= 4 is 17.4 Å². The predicted molar refractivity (Wildman–Crippen MR) is 58.8 cm³/mol. The summed E-state index contributed by atoms with van der Waals surface area (Å²) in [6.45, 7) is 0. The van der Waals surface area contributed by atoms with Crippen LogP contribution in [0.4, 0.5) is 4.79 Å². The summed E-state index contributed by atoms with van der Waals surface area (Å²) < 4.78 is 5.40. The summed E-state index contributed by atoms with van der Waals surface area (Å²) in [6, 6.07) is 1.62. The van der Waals surface area contributed by atoms with Gasteiger partial charge in [0.25, 0.3) is 0 Å². The van der Waals surface area contributed by atoms with Gasteiger partial charge >= 0.3 is 6.03 Å². The van der Waals surface area contributed by atoms with E-state index in [0.29, 0.717) is 0 Å². The molecule has 2 rings (SSSR count). The number of nitrogens with one attached hydrogen (secondary N) is 1. The number of fused-ring (bicyclic) bond motifs is 1. The molecule has 2 amide bonds. The molecule has 1 aromatic rings. The molecule has 3 N–H and O–H groups in total. The van der Waals surface area contributed by atoms with Gasteiger partial charge < -0.3 is 15.8 Å². The van der Waals surface area contributed by atoms with Gasteiger partial charge in [-0.05, 0) is 29.9 Å². The molecule has 2 unspecified atom stereocenters. The highest BCUT2D eigenvalue weighted by molar-refractivity contribution is 7.10. The van der Waals surface area contributed by atoms with Gasteiger partial charge in [-0.2, -0.15) is 0 Å². The first kappa shape index (κ1) is 10.4. The number of hydrogen-bond acceptors (Lipinski definition) is 3. The molecule has 2 atom stereocenters. The smallest absolute Gasteiger partial charge is 0.312 e. The van der Waals surface area contributed by atoms with Gasteiger partial charge in [0.15, 0.2) is 0 Å². The zero-order valence-electron chi connectivity index (χ0n) is 8.53. The highest BCUT2D eigenvalue weighted by atomic mass is 32.1. The van der Waals surface area contributed by atoms with Crippen LogP contribution < -0.4 is 11.1 Å². The minimum atomic E-state index is -0.465. The lowest BCUT2D eigenvalue weighted by Crippen LogP contribution is -2.35. The van der Waals surface area contributed by atoms with Crippen LogP contribution in [0.15, 0.2) is 11.4 Å². The van der Waals surface area contributed by atoms with Crippen molar-refractivity contribution in [1.29, 1.82) is 0 Å². The topological polar surface area (TPSA) is 64.3 Å². The second kappa shape index (κ2) is 4.20. The highest BCUT2D eigenvalue weighted by Gasteiger charge is 2.28. The van der Waals surface area contributed by atoms with Crippen LogP contribution in [-0.4, -0.2) is 13.1 Å². The van der Waals surface area contributed by atoms with E-state index in [1.165, 1.54) is 4.88 Å². The number of carbonyl (C=O) groups excluding carboxylic acids is 1. The van der Waals surface area contributed by atoms with Gasteiger partial charge in [0.05, 0.1) is 12.1 Å². The first-order valence-electron chi connectivity index (χ1n) is 4.88. The number of amides is 2. The third kappa shape index (κ3) is 1.98. The normalized spacial score (nSPS) is 24.6. The molecule has 4 nitrogen and oxygen atoms in total. The Balaban J connectivity index is 2.23. The molecule has 0 radical (unpaired) electrons. The van der Waals surface area contributed by atoms with Crippen molar-refractivity contribution in [3.8, 4) is 0 Å².